The minimum atomic E-state index is -2.38. The average molecular weight is 506 g/mol. The fraction of sp³-hybridized carbons (Fsp3) is 0.654. The van der Waals surface area contributed by atoms with Crippen molar-refractivity contribution in [3.63, 3.8) is 0 Å². The average Bonchev–Trinajstić information content (AvgIpc) is 2.68. The summed E-state index contributed by atoms with van der Waals surface area (Å²) in [5, 5.41) is 3.11. The van der Waals surface area contributed by atoms with Gasteiger partial charge >= 0.3 is 185 Å². The summed E-state index contributed by atoms with van der Waals surface area (Å²) in [6, 6.07) is 8.28. The topological polar surface area (TPSA) is 29.1 Å². The van der Waals surface area contributed by atoms with Crippen LogP contribution >= 0.6 is 0 Å². The van der Waals surface area contributed by atoms with Gasteiger partial charge in [-0.25, -0.2) is 0 Å². The van der Waals surface area contributed by atoms with Crippen LogP contribution in [0.25, 0.3) is 0 Å². The summed E-state index contributed by atoms with van der Waals surface area (Å²) in [6.07, 6.45) is 7.76. The molecule has 1 aromatic rings. The van der Waals surface area contributed by atoms with Gasteiger partial charge in [0.2, 0.25) is 0 Å². The van der Waals surface area contributed by atoms with Crippen molar-refractivity contribution < 1.29 is 4.79 Å². The van der Waals surface area contributed by atoms with E-state index in [1.807, 2.05) is 12.1 Å². The molecule has 1 N–H and O–H groups in total. The van der Waals surface area contributed by atoms with Crippen molar-refractivity contribution in [2.45, 2.75) is 103 Å². The first kappa shape index (κ1) is 26.3. The van der Waals surface area contributed by atoms with E-state index < -0.39 is 18.4 Å². The Morgan fingerprint density at radius 1 is 0.897 bits per heavy atom. The quantitative estimate of drug-likeness (QED) is 0.212. The number of benzene rings is 1. The summed E-state index contributed by atoms with van der Waals surface area (Å²) in [5.41, 5.74) is 3.10. The molecule has 0 saturated heterocycles. The molecule has 0 saturated carbocycles. The predicted molar refractivity (Wildman–Crippen MR) is 133 cm³/mol. The second-order valence-corrected chi connectivity index (χ2v) is 23.7. The van der Waals surface area contributed by atoms with Crippen LogP contribution in [0.5, 0.6) is 0 Å². The van der Waals surface area contributed by atoms with Gasteiger partial charge in [-0.3, -0.25) is 0 Å². The molecule has 0 aliphatic heterocycles. The van der Waals surface area contributed by atoms with E-state index >= 15 is 0 Å². The number of carbonyl (C=O) groups excluding carboxylic acids is 1. The molecular formula is C26H45NOSn. The number of anilines is 1. The first-order chi connectivity index (χ1) is 13.7. The normalized spacial score (nSPS) is 12.1. The Hall–Kier alpha value is -0.771. The van der Waals surface area contributed by atoms with Gasteiger partial charge in [0, 0.05) is 0 Å². The molecule has 0 heterocycles. The standard InChI is InChI=1S/C14H18NO.3C4H9.Sn/c1-10(2)13(16)15-12-8-6-11(7-9-12)14(3,4)5;3*1-3-4-2;/h6-9H,1-2H2,3-5H3,(H,15,16);3*1,3-4H2,2H3;. The van der Waals surface area contributed by atoms with Crippen molar-refractivity contribution in [3.8, 4) is 0 Å². The van der Waals surface area contributed by atoms with Crippen LogP contribution in [0.1, 0.15) is 85.6 Å². The summed E-state index contributed by atoms with van der Waals surface area (Å²) in [6.45, 7) is 17.7. The third-order valence-electron chi connectivity index (χ3n) is 6.10. The van der Waals surface area contributed by atoms with Crippen molar-refractivity contribution in [2.75, 3.05) is 5.32 Å². The molecule has 2 nitrogen and oxygen atoms in total. The van der Waals surface area contributed by atoms with Gasteiger partial charge < -0.3 is 0 Å². The summed E-state index contributed by atoms with van der Waals surface area (Å²) >= 11 is -2.38. The van der Waals surface area contributed by atoms with Crippen LogP contribution < -0.4 is 5.32 Å². The van der Waals surface area contributed by atoms with Crippen molar-refractivity contribution in [2.24, 2.45) is 0 Å². The molecule has 0 aliphatic carbocycles. The number of hydrogen-bond acceptors (Lipinski definition) is 1. The molecule has 1 rings (SSSR count). The Balaban J connectivity index is 2.86. The van der Waals surface area contributed by atoms with E-state index in [9.17, 15) is 4.79 Å². The van der Waals surface area contributed by atoms with E-state index in [2.05, 4.69) is 65.6 Å². The van der Waals surface area contributed by atoms with E-state index in [0.29, 0.717) is 0 Å². The molecule has 0 atom stereocenters. The summed E-state index contributed by atoms with van der Waals surface area (Å²) in [4.78, 5) is 12.9. The van der Waals surface area contributed by atoms with Gasteiger partial charge in [0.15, 0.2) is 0 Å². The second-order valence-electron chi connectivity index (χ2n) is 9.87. The first-order valence-corrected chi connectivity index (χ1v) is 19.8. The molecule has 0 aliphatic rings. The molecule has 1 amide bonds. The molecule has 29 heavy (non-hydrogen) atoms. The molecule has 3 heteroatoms. The molecular weight excluding hydrogens is 461 g/mol. The van der Waals surface area contributed by atoms with E-state index in [1.54, 1.807) is 0 Å². The number of hydrogen-bond donors (Lipinski definition) is 1. The van der Waals surface area contributed by atoms with E-state index in [4.69, 9.17) is 0 Å². The fourth-order valence-electron chi connectivity index (χ4n) is 4.10. The Morgan fingerprint density at radius 2 is 1.34 bits per heavy atom. The third-order valence-corrected chi connectivity index (χ3v) is 21.6. The molecule has 1 aromatic carbocycles. The van der Waals surface area contributed by atoms with Crippen LogP contribution in [-0.4, -0.2) is 24.3 Å². The molecule has 164 valence electrons. The number of rotatable bonds is 13. The maximum atomic E-state index is 12.9. The third kappa shape index (κ3) is 9.27. The van der Waals surface area contributed by atoms with E-state index in [1.165, 1.54) is 57.4 Å². The van der Waals surface area contributed by atoms with E-state index in [-0.39, 0.29) is 11.3 Å². The summed E-state index contributed by atoms with van der Waals surface area (Å²) < 4.78 is 5.27. The summed E-state index contributed by atoms with van der Waals surface area (Å²) in [5.74, 6) is 0.0269. The SMILES string of the molecule is C=C([CH2][Sn]([CH2]CCC)([CH2]CCC)[CH2]CCC)C(=O)Nc1ccc(C(C)(C)C)cc1. The number of nitrogens with one attached hydrogen (secondary N) is 1. The van der Waals surface area contributed by atoms with Gasteiger partial charge in [0.1, 0.15) is 0 Å². The van der Waals surface area contributed by atoms with E-state index in [0.717, 1.165) is 15.7 Å². The van der Waals surface area contributed by atoms with Gasteiger partial charge in [0.25, 0.3) is 0 Å². The van der Waals surface area contributed by atoms with Crippen LogP contribution in [-0.2, 0) is 10.2 Å². The Labute approximate surface area is 184 Å². The monoisotopic (exact) mass is 507 g/mol. The Bertz CT molecular complexity index is 605. The number of amides is 1. The van der Waals surface area contributed by atoms with Gasteiger partial charge in [-0.15, -0.1) is 0 Å². The van der Waals surface area contributed by atoms with Crippen LogP contribution in [0.2, 0.25) is 17.7 Å². The van der Waals surface area contributed by atoms with Gasteiger partial charge in [-0.05, 0) is 0 Å². The Kier molecular flexibility index (Phi) is 11.6. The van der Waals surface area contributed by atoms with Gasteiger partial charge in [0.05, 0.1) is 0 Å². The zero-order valence-electron chi connectivity index (χ0n) is 20.0. The van der Waals surface area contributed by atoms with Crippen LogP contribution in [0.4, 0.5) is 5.69 Å². The van der Waals surface area contributed by atoms with Gasteiger partial charge in [-0.2, -0.15) is 0 Å². The minimum absolute atomic E-state index is 0.0269. The molecule has 0 radical (unpaired) electrons. The molecule has 0 fully saturated rings. The Morgan fingerprint density at radius 3 is 1.72 bits per heavy atom. The molecule has 0 unspecified atom stereocenters. The van der Waals surface area contributed by atoms with Crippen LogP contribution in [0, 0.1) is 0 Å². The predicted octanol–water partition coefficient (Wildman–Crippen LogP) is 8.33. The van der Waals surface area contributed by atoms with Gasteiger partial charge in [-0.1, -0.05) is 0 Å². The fourth-order valence-corrected chi connectivity index (χ4v) is 20.2. The van der Waals surface area contributed by atoms with Crippen molar-refractivity contribution in [1.82, 2.24) is 0 Å². The number of carbonyl (C=O) groups is 1. The number of unbranched alkanes of at least 4 members (excludes halogenated alkanes) is 3. The van der Waals surface area contributed by atoms with Crippen molar-refractivity contribution in [3.05, 3.63) is 42.0 Å². The van der Waals surface area contributed by atoms with Crippen molar-refractivity contribution in [1.29, 1.82) is 0 Å². The van der Waals surface area contributed by atoms with Crippen molar-refractivity contribution >= 4 is 30.0 Å². The maximum absolute atomic E-state index is 12.9. The van der Waals surface area contributed by atoms with Crippen LogP contribution in [0.15, 0.2) is 36.4 Å². The summed E-state index contributed by atoms with van der Waals surface area (Å²) in [7, 11) is 0. The molecule has 0 spiro atoms. The molecule has 0 aromatic heterocycles. The van der Waals surface area contributed by atoms with Crippen LogP contribution in [0.3, 0.4) is 0 Å². The second kappa shape index (κ2) is 12.8. The first-order valence-electron chi connectivity index (χ1n) is 11.8. The molecule has 0 bridgehead atoms. The zero-order valence-corrected chi connectivity index (χ0v) is 22.8. The zero-order chi connectivity index (χ0) is 21.9.